The summed E-state index contributed by atoms with van der Waals surface area (Å²) >= 11 is 1.54. The Kier molecular flexibility index (Phi) is 6.82. The summed E-state index contributed by atoms with van der Waals surface area (Å²) in [6.07, 6.45) is 3.77. The Morgan fingerprint density at radius 1 is 1.10 bits per heavy atom. The molecule has 1 aromatic carbocycles. The van der Waals surface area contributed by atoms with Crippen LogP contribution in [0.1, 0.15) is 57.4 Å². The fraction of sp³-hybridized carbons (Fsp3) is 0.318. The number of benzene rings is 1. The van der Waals surface area contributed by atoms with Gasteiger partial charge in [-0.3, -0.25) is 14.2 Å². The molecule has 29 heavy (non-hydrogen) atoms. The van der Waals surface area contributed by atoms with E-state index in [1.54, 1.807) is 18.3 Å². The van der Waals surface area contributed by atoms with E-state index in [0.717, 1.165) is 34.9 Å². The van der Waals surface area contributed by atoms with Gasteiger partial charge in [0.05, 0.1) is 5.56 Å². The van der Waals surface area contributed by atoms with Gasteiger partial charge in [0.15, 0.2) is 5.13 Å². The minimum Gasteiger partial charge on any atom is -0.352 e. The molecule has 2 N–H and O–H groups in total. The van der Waals surface area contributed by atoms with E-state index < -0.39 is 0 Å². The largest absolute Gasteiger partial charge is 0.352 e. The molecule has 0 atom stereocenters. The molecule has 6 nitrogen and oxygen atoms in total. The number of rotatable bonds is 8. The van der Waals surface area contributed by atoms with Crippen LogP contribution in [0, 0.1) is 13.8 Å². The van der Waals surface area contributed by atoms with Crippen molar-refractivity contribution in [2.24, 2.45) is 0 Å². The number of thiazole rings is 1. The zero-order valence-electron chi connectivity index (χ0n) is 17.0. The van der Waals surface area contributed by atoms with Crippen LogP contribution in [0.5, 0.6) is 0 Å². The van der Waals surface area contributed by atoms with Crippen LogP contribution in [0.2, 0.25) is 0 Å². The number of aryl methyl sites for hydroxylation is 1. The van der Waals surface area contributed by atoms with Gasteiger partial charge < -0.3 is 10.6 Å². The Bertz CT molecular complexity index is 975. The van der Waals surface area contributed by atoms with Gasteiger partial charge in [0.25, 0.3) is 11.8 Å². The van der Waals surface area contributed by atoms with Crippen molar-refractivity contribution >= 4 is 23.2 Å². The molecule has 0 spiro atoms. The third-order valence-corrected chi connectivity index (χ3v) is 5.53. The van der Waals surface area contributed by atoms with Crippen molar-refractivity contribution in [1.82, 2.24) is 20.2 Å². The molecular formula is C22H26N4O2S. The van der Waals surface area contributed by atoms with E-state index in [1.165, 1.54) is 11.3 Å². The smallest absolute Gasteiger partial charge is 0.253 e. The molecule has 0 aliphatic heterocycles. The van der Waals surface area contributed by atoms with Gasteiger partial charge in [-0.25, -0.2) is 4.98 Å². The van der Waals surface area contributed by atoms with E-state index in [4.69, 9.17) is 0 Å². The monoisotopic (exact) mass is 410 g/mol. The highest BCUT2D eigenvalue weighted by Gasteiger charge is 2.17. The number of hydrogen-bond donors (Lipinski definition) is 2. The van der Waals surface area contributed by atoms with Gasteiger partial charge in [-0.15, -0.1) is 11.3 Å². The maximum atomic E-state index is 12.7. The first-order valence-corrected chi connectivity index (χ1v) is 10.6. The predicted octanol–water partition coefficient (Wildman–Crippen LogP) is 4.01. The normalized spacial score (nSPS) is 10.7. The summed E-state index contributed by atoms with van der Waals surface area (Å²) in [5.41, 5.74) is 4.06. The molecule has 2 heterocycles. The van der Waals surface area contributed by atoms with Crippen molar-refractivity contribution in [1.29, 1.82) is 0 Å². The van der Waals surface area contributed by atoms with Gasteiger partial charge in [0, 0.05) is 41.6 Å². The summed E-state index contributed by atoms with van der Waals surface area (Å²) in [6.45, 7) is 7.07. The standard InChI is InChI=1S/C22H26N4O2S/c1-4-5-10-23-20(27)18-8-6-17(7-9-18)14-25-21(28)19-13-15(2)26(16(19)3)22-24-11-12-29-22/h6-9,11-13H,4-5,10,14H2,1-3H3,(H,23,27)(H,25,28). The molecule has 0 aliphatic carbocycles. The second kappa shape index (κ2) is 9.52. The van der Waals surface area contributed by atoms with Crippen LogP contribution in [0.3, 0.4) is 0 Å². The van der Waals surface area contributed by atoms with Gasteiger partial charge >= 0.3 is 0 Å². The van der Waals surface area contributed by atoms with Crippen LogP contribution in [0.4, 0.5) is 0 Å². The average Bonchev–Trinajstić information content (AvgIpc) is 3.34. The average molecular weight is 411 g/mol. The number of nitrogens with one attached hydrogen (secondary N) is 2. The number of unbranched alkanes of at least 4 members (excludes halogenated alkanes) is 1. The lowest BCUT2D eigenvalue weighted by molar-refractivity contribution is 0.0942. The van der Waals surface area contributed by atoms with E-state index in [0.29, 0.717) is 24.2 Å². The summed E-state index contributed by atoms with van der Waals surface area (Å²) in [5.74, 6) is -0.189. The van der Waals surface area contributed by atoms with Crippen molar-refractivity contribution in [3.05, 3.63) is 70.0 Å². The maximum Gasteiger partial charge on any atom is 0.253 e. The molecule has 0 saturated carbocycles. The third kappa shape index (κ3) is 4.92. The Morgan fingerprint density at radius 3 is 2.52 bits per heavy atom. The van der Waals surface area contributed by atoms with Crippen LogP contribution in [0.25, 0.3) is 5.13 Å². The lowest BCUT2D eigenvalue weighted by Gasteiger charge is -2.08. The molecule has 2 aromatic heterocycles. The predicted molar refractivity (Wildman–Crippen MR) is 116 cm³/mol. The summed E-state index contributed by atoms with van der Waals surface area (Å²) in [7, 11) is 0. The third-order valence-electron chi connectivity index (χ3n) is 4.77. The highest BCUT2D eigenvalue weighted by atomic mass is 32.1. The Labute approximate surface area is 175 Å². The van der Waals surface area contributed by atoms with E-state index in [9.17, 15) is 9.59 Å². The molecular weight excluding hydrogens is 384 g/mol. The Balaban J connectivity index is 1.61. The van der Waals surface area contributed by atoms with Crippen LogP contribution in [-0.4, -0.2) is 27.9 Å². The van der Waals surface area contributed by atoms with Crippen LogP contribution in [0.15, 0.2) is 41.9 Å². The van der Waals surface area contributed by atoms with E-state index in [-0.39, 0.29) is 11.8 Å². The molecule has 0 unspecified atom stereocenters. The summed E-state index contributed by atoms with van der Waals surface area (Å²) in [5, 5.41) is 8.64. The Hall–Kier alpha value is -2.93. The molecule has 0 aliphatic rings. The molecule has 0 bridgehead atoms. The van der Waals surface area contributed by atoms with Gasteiger partial charge in [0.1, 0.15) is 0 Å². The summed E-state index contributed by atoms with van der Waals surface area (Å²) < 4.78 is 1.99. The minimum absolute atomic E-state index is 0.0661. The topological polar surface area (TPSA) is 76.0 Å². The van der Waals surface area contributed by atoms with E-state index >= 15 is 0 Å². The van der Waals surface area contributed by atoms with Crippen molar-refractivity contribution in [3.8, 4) is 5.13 Å². The second-order valence-corrected chi connectivity index (χ2v) is 7.80. The number of aromatic nitrogens is 2. The number of amides is 2. The highest BCUT2D eigenvalue weighted by molar-refractivity contribution is 7.12. The zero-order valence-corrected chi connectivity index (χ0v) is 17.8. The first-order chi connectivity index (χ1) is 14.0. The van der Waals surface area contributed by atoms with Crippen molar-refractivity contribution in [3.63, 3.8) is 0 Å². The second-order valence-electron chi connectivity index (χ2n) is 6.92. The molecule has 0 fully saturated rings. The Morgan fingerprint density at radius 2 is 1.86 bits per heavy atom. The maximum absolute atomic E-state index is 12.7. The first kappa shape index (κ1) is 20.8. The van der Waals surface area contributed by atoms with Gasteiger partial charge in [-0.2, -0.15) is 0 Å². The van der Waals surface area contributed by atoms with Gasteiger partial charge in [-0.1, -0.05) is 25.5 Å². The molecule has 2 amide bonds. The van der Waals surface area contributed by atoms with Crippen molar-refractivity contribution < 1.29 is 9.59 Å². The number of hydrogen-bond acceptors (Lipinski definition) is 4. The summed E-state index contributed by atoms with van der Waals surface area (Å²) in [6, 6.07) is 9.20. The van der Waals surface area contributed by atoms with Crippen molar-refractivity contribution in [2.75, 3.05) is 6.54 Å². The van der Waals surface area contributed by atoms with Gasteiger partial charge in [-0.05, 0) is 44.0 Å². The van der Waals surface area contributed by atoms with E-state index in [2.05, 4.69) is 22.5 Å². The number of nitrogens with zero attached hydrogens (tertiary/aromatic N) is 2. The first-order valence-electron chi connectivity index (χ1n) is 9.75. The highest BCUT2D eigenvalue weighted by Crippen LogP contribution is 2.22. The van der Waals surface area contributed by atoms with Crippen LogP contribution in [-0.2, 0) is 6.54 Å². The SMILES string of the molecule is CCCCNC(=O)c1ccc(CNC(=O)c2cc(C)n(-c3nccs3)c2C)cc1. The summed E-state index contributed by atoms with van der Waals surface area (Å²) in [4.78, 5) is 29.1. The van der Waals surface area contributed by atoms with E-state index in [1.807, 2.05) is 42.0 Å². The molecule has 0 radical (unpaired) electrons. The number of carbonyl (C=O) groups is 2. The zero-order chi connectivity index (χ0) is 20.8. The van der Waals surface area contributed by atoms with Crippen LogP contribution >= 0.6 is 11.3 Å². The lowest BCUT2D eigenvalue weighted by atomic mass is 10.1. The fourth-order valence-electron chi connectivity index (χ4n) is 3.15. The minimum atomic E-state index is -0.123. The molecule has 3 aromatic rings. The van der Waals surface area contributed by atoms with Crippen LogP contribution < -0.4 is 10.6 Å². The quantitative estimate of drug-likeness (QED) is 0.551. The van der Waals surface area contributed by atoms with Gasteiger partial charge in [0.2, 0.25) is 0 Å². The molecule has 7 heteroatoms. The lowest BCUT2D eigenvalue weighted by Crippen LogP contribution is -2.25. The molecule has 152 valence electrons. The number of carbonyl (C=O) groups excluding carboxylic acids is 2. The fourth-order valence-corrected chi connectivity index (χ4v) is 3.90. The molecule has 0 saturated heterocycles. The van der Waals surface area contributed by atoms with Crippen molar-refractivity contribution in [2.45, 2.75) is 40.2 Å². The molecule has 3 rings (SSSR count).